The van der Waals surface area contributed by atoms with Crippen LogP contribution < -0.4 is 4.90 Å². The number of nitrogens with zero attached hydrogens (tertiary/aromatic N) is 2. The van der Waals surface area contributed by atoms with Crippen LogP contribution in [0.3, 0.4) is 0 Å². The van der Waals surface area contributed by atoms with Gasteiger partial charge in [0.05, 0.1) is 18.0 Å². The van der Waals surface area contributed by atoms with Crippen LogP contribution in [0.2, 0.25) is 0 Å². The molecule has 2 aromatic carbocycles. The van der Waals surface area contributed by atoms with Crippen LogP contribution in [0.5, 0.6) is 0 Å². The van der Waals surface area contributed by atoms with Gasteiger partial charge in [-0.05, 0) is 55.7 Å². The summed E-state index contributed by atoms with van der Waals surface area (Å²) in [6.45, 7) is 10.9. The third kappa shape index (κ3) is 6.75. The molecule has 0 atom stereocenters. The smallest absolute Gasteiger partial charge is 0.414 e. The molecule has 37 heavy (non-hydrogen) atoms. The van der Waals surface area contributed by atoms with Crippen molar-refractivity contribution in [3.05, 3.63) is 94.6 Å². The quantitative estimate of drug-likeness (QED) is 0.300. The molecule has 3 aromatic rings. The maximum absolute atomic E-state index is 14.1. The molecule has 0 unspecified atom stereocenters. The van der Waals surface area contributed by atoms with Gasteiger partial charge in [-0.25, -0.2) is 9.18 Å². The summed E-state index contributed by atoms with van der Waals surface area (Å²) in [6.07, 6.45) is 1.93. The molecule has 0 radical (unpaired) electrons. The number of aromatic nitrogens is 1. The Bertz CT molecular complexity index is 1330. The largest absolute Gasteiger partial charge is 0.443 e. The first-order chi connectivity index (χ1) is 17.5. The average molecular weight is 501 g/mol. The first-order valence-corrected chi connectivity index (χ1v) is 12.4. The zero-order valence-corrected chi connectivity index (χ0v) is 22.1. The fraction of sp³-hybridized carbons (Fsp3) is 0.355. The number of pyridine rings is 1. The van der Waals surface area contributed by atoms with E-state index >= 15 is 0 Å². The lowest BCUT2D eigenvalue weighted by Crippen LogP contribution is -2.38. The molecule has 6 heteroatoms. The molecule has 4 rings (SSSR count). The lowest BCUT2D eigenvalue weighted by atomic mass is 9.91. The summed E-state index contributed by atoms with van der Waals surface area (Å²) in [7, 11) is 0. The predicted octanol–water partition coefficient (Wildman–Crippen LogP) is 6.41. The highest BCUT2D eigenvalue weighted by Gasteiger charge is 2.41. The molecule has 0 saturated heterocycles. The van der Waals surface area contributed by atoms with Crippen LogP contribution in [0.1, 0.15) is 62.6 Å². The standard InChI is InChI=1S/C31H33FN2O3/c1-30(2,3)37-29(35)34-21-31(4,5)28-27(34)17-23(19-33-28)16-25-13-14-26(32)18-24(25)12-9-15-36-20-22-10-7-6-8-11-22/h6-8,10-11,13-14,17-19H,15-16,20-21H2,1-5H3. The number of carbonyl (C=O) groups excluding carboxylic acids is 1. The van der Waals surface area contributed by atoms with Crippen molar-refractivity contribution in [1.82, 2.24) is 4.98 Å². The number of hydrogen-bond acceptors (Lipinski definition) is 4. The van der Waals surface area contributed by atoms with Crippen molar-refractivity contribution in [2.24, 2.45) is 0 Å². The predicted molar refractivity (Wildman–Crippen MR) is 143 cm³/mol. The van der Waals surface area contributed by atoms with Crippen molar-refractivity contribution in [1.29, 1.82) is 0 Å². The molecular weight excluding hydrogens is 467 g/mol. The van der Waals surface area contributed by atoms with Gasteiger partial charge in [-0.15, -0.1) is 0 Å². The Hall–Kier alpha value is -3.69. The van der Waals surface area contributed by atoms with Crippen LogP contribution in [0.15, 0.2) is 60.8 Å². The second-order valence-electron chi connectivity index (χ2n) is 10.9. The van der Waals surface area contributed by atoms with E-state index in [-0.39, 0.29) is 23.9 Å². The summed E-state index contributed by atoms with van der Waals surface area (Å²) in [6, 6.07) is 16.5. The summed E-state index contributed by atoms with van der Waals surface area (Å²) in [5, 5.41) is 0. The molecule has 0 saturated carbocycles. The molecule has 0 fully saturated rings. The number of carbonyl (C=O) groups is 1. The lowest BCUT2D eigenvalue weighted by molar-refractivity contribution is 0.0579. The van der Waals surface area contributed by atoms with E-state index in [1.165, 1.54) is 12.1 Å². The number of anilines is 1. The van der Waals surface area contributed by atoms with Gasteiger partial charge in [-0.3, -0.25) is 9.88 Å². The third-order valence-corrected chi connectivity index (χ3v) is 6.00. The van der Waals surface area contributed by atoms with Crippen LogP contribution in [0, 0.1) is 17.7 Å². The van der Waals surface area contributed by atoms with Gasteiger partial charge < -0.3 is 9.47 Å². The Morgan fingerprint density at radius 3 is 2.59 bits per heavy atom. The molecule has 1 aliphatic rings. The summed E-state index contributed by atoms with van der Waals surface area (Å²) in [5.41, 5.74) is 4.17. The van der Waals surface area contributed by atoms with Crippen LogP contribution in [0.25, 0.3) is 0 Å². The van der Waals surface area contributed by atoms with E-state index in [1.54, 1.807) is 11.0 Å². The molecule has 0 spiro atoms. The second-order valence-corrected chi connectivity index (χ2v) is 10.9. The van der Waals surface area contributed by atoms with E-state index in [0.29, 0.717) is 25.1 Å². The van der Waals surface area contributed by atoms with E-state index in [4.69, 9.17) is 14.5 Å². The van der Waals surface area contributed by atoms with Crippen molar-refractivity contribution in [3.63, 3.8) is 0 Å². The Labute approximate surface area is 218 Å². The minimum atomic E-state index is -0.596. The monoisotopic (exact) mass is 500 g/mol. The van der Waals surface area contributed by atoms with Crippen LogP contribution >= 0.6 is 0 Å². The molecule has 5 nitrogen and oxygen atoms in total. The van der Waals surface area contributed by atoms with Crippen LogP contribution in [-0.4, -0.2) is 29.8 Å². The first-order valence-electron chi connectivity index (χ1n) is 12.4. The van der Waals surface area contributed by atoms with Crippen molar-refractivity contribution in [2.75, 3.05) is 18.1 Å². The highest BCUT2D eigenvalue weighted by Crippen LogP contribution is 2.40. The number of rotatable bonds is 5. The Balaban J connectivity index is 1.52. The molecular formula is C31H33FN2O3. The van der Waals surface area contributed by atoms with Crippen molar-refractivity contribution in [3.8, 4) is 11.8 Å². The van der Waals surface area contributed by atoms with E-state index in [9.17, 15) is 9.18 Å². The topological polar surface area (TPSA) is 51.7 Å². The molecule has 2 heterocycles. The van der Waals surface area contributed by atoms with Crippen molar-refractivity contribution >= 4 is 11.8 Å². The van der Waals surface area contributed by atoms with Gasteiger partial charge in [0.15, 0.2) is 0 Å². The molecule has 0 aliphatic carbocycles. The van der Waals surface area contributed by atoms with Gasteiger partial charge in [-0.1, -0.05) is 62.1 Å². The van der Waals surface area contributed by atoms with Gasteiger partial charge in [-0.2, -0.15) is 0 Å². The minimum absolute atomic E-state index is 0.241. The zero-order chi connectivity index (χ0) is 26.6. The number of halogens is 1. The number of amides is 1. The summed E-state index contributed by atoms with van der Waals surface area (Å²) >= 11 is 0. The number of benzene rings is 2. The number of hydrogen-bond donors (Lipinski definition) is 0. The van der Waals surface area contributed by atoms with Gasteiger partial charge in [0.1, 0.15) is 18.0 Å². The summed E-state index contributed by atoms with van der Waals surface area (Å²) in [5.74, 6) is 5.71. The highest BCUT2D eigenvalue weighted by molar-refractivity contribution is 5.91. The van der Waals surface area contributed by atoms with E-state index < -0.39 is 5.60 Å². The molecule has 1 aliphatic heterocycles. The fourth-order valence-corrected chi connectivity index (χ4v) is 4.32. The molecule has 1 aromatic heterocycles. The van der Waals surface area contributed by atoms with E-state index in [2.05, 4.69) is 25.7 Å². The molecule has 192 valence electrons. The van der Waals surface area contributed by atoms with Crippen molar-refractivity contribution < 1.29 is 18.7 Å². The summed E-state index contributed by atoms with van der Waals surface area (Å²) in [4.78, 5) is 19.3. The van der Waals surface area contributed by atoms with Crippen LogP contribution in [-0.2, 0) is 27.9 Å². The Kier molecular flexibility index (Phi) is 7.65. The number of fused-ring (bicyclic) bond motifs is 1. The fourth-order valence-electron chi connectivity index (χ4n) is 4.32. The third-order valence-electron chi connectivity index (χ3n) is 6.00. The summed E-state index contributed by atoms with van der Waals surface area (Å²) < 4.78 is 25.3. The zero-order valence-electron chi connectivity index (χ0n) is 22.1. The maximum Gasteiger partial charge on any atom is 0.414 e. The maximum atomic E-state index is 14.1. The van der Waals surface area contributed by atoms with Gasteiger partial charge >= 0.3 is 6.09 Å². The Morgan fingerprint density at radius 1 is 1.11 bits per heavy atom. The average Bonchev–Trinajstić information content (AvgIpc) is 3.10. The van der Waals surface area contributed by atoms with Crippen molar-refractivity contribution in [2.45, 2.75) is 58.7 Å². The number of ether oxygens (including phenoxy) is 2. The second kappa shape index (κ2) is 10.7. The molecule has 0 N–H and O–H groups in total. The highest BCUT2D eigenvalue weighted by atomic mass is 19.1. The van der Waals surface area contributed by atoms with Gasteiger partial charge in [0.25, 0.3) is 0 Å². The Morgan fingerprint density at radius 2 is 1.86 bits per heavy atom. The molecule has 1 amide bonds. The van der Waals surface area contributed by atoms with E-state index in [0.717, 1.165) is 28.1 Å². The van der Waals surface area contributed by atoms with E-state index in [1.807, 2.05) is 63.4 Å². The SMILES string of the molecule is CC(C)(C)OC(=O)N1CC(C)(C)c2ncc(Cc3ccc(F)cc3C#CCOCc3ccccc3)cc21. The van der Waals surface area contributed by atoms with Crippen LogP contribution in [0.4, 0.5) is 14.9 Å². The van der Waals surface area contributed by atoms with Gasteiger partial charge in [0.2, 0.25) is 0 Å². The molecule has 0 bridgehead atoms. The normalized spacial score (nSPS) is 14.1. The van der Waals surface area contributed by atoms with Gasteiger partial charge in [0, 0.05) is 30.1 Å². The lowest BCUT2D eigenvalue weighted by Gasteiger charge is -2.25. The first kappa shape index (κ1) is 26.4. The minimum Gasteiger partial charge on any atom is -0.443 e.